The van der Waals surface area contributed by atoms with Crippen molar-refractivity contribution in [2.75, 3.05) is 33.4 Å². The second-order valence-corrected chi connectivity index (χ2v) is 6.78. The molecule has 0 aromatic heterocycles. The van der Waals surface area contributed by atoms with E-state index < -0.39 is 0 Å². The number of halogens is 2. The quantitative estimate of drug-likeness (QED) is 0.832. The Kier molecular flexibility index (Phi) is 6.05. The Morgan fingerprint density at radius 3 is 2.86 bits per heavy atom. The van der Waals surface area contributed by atoms with E-state index in [9.17, 15) is 4.79 Å². The Balaban J connectivity index is 2.03. The molecule has 0 unspecified atom stereocenters. The molecule has 0 saturated carbocycles. The Labute approximate surface area is 138 Å². The third kappa shape index (κ3) is 4.42. The smallest absolute Gasteiger partial charge is 0.252 e. The molecule has 0 radical (unpaired) electrons. The first-order valence-corrected chi connectivity index (χ1v) is 8.16. The number of benzene rings is 1. The molecule has 1 aliphatic rings. The number of ether oxygens (including phenoxy) is 1. The van der Waals surface area contributed by atoms with Gasteiger partial charge in [-0.25, -0.2) is 0 Å². The number of nitrogens with one attached hydrogen (secondary N) is 2. The lowest BCUT2D eigenvalue weighted by Gasteiger charge is -2.37. The van der Waals surface area contributed by atoms with Crippen molar-refractivity contribution in [2.24, 2.45) is 5.41 Å². The van der Waals surface area contributed by atoms with E-state index in [1.807, 2.05) is 0 Å². The molecule has 2 N–H and O–H groups in total. The molecule has 1 heterocycles. The van der Waals surface area contributed by atoms with Crippen LogP contribution in [-0.2, 0) is 4.74 Å². The van der Waals surface area contributed by atoms with Gasteiger partial charge in [-0.1, -0.05) is 11.6 Å². The number of methoxy groups -OCH3 is 1. The monoisotopic (exact) mass is 374 g/mol. The number of carbonyl (C=O) groups excluding carboxylic acids is 1. The Morgan fingerprint density at radius 1 is 1.48 bits per heavy atom. The molecule has 0 aliphatic carbocycles. The van der Waals surface area contributed by atoms with Crippen LogP contribution in [0.25, 0.3) is 0 Å². The molecule has 1 aliphatic heterocycles. The fourth-order valence-corrected chi connectivity index (χ4v) is 3.27. The van der Waals surface area contributed by atoms with E-state index in [0.29, 0.717) is 23.7 Å². The maximum absolute atomic E-state index is 12.4. The van der Waals surface area contributed by atoms with Crippen LogP contribution < -0.4 is 10.6 Å². The zero-order chi connectivity index (χ0) is 15.3. The lowest BCUT2D eigenvalue weighted by Crippen LogP contribution is -2.47. The Hall–Kier alpha value is -0.620. The molecule has 1 aromatic rings. The average Bonchev–Trinajstić information content (AvgIpc) is 2.49. The number of carbonyl (C=O) groups is 1. The summed E-state index contributed by atoms with van der Waals surface area (Å²) >= 11 is 9.34. The molecule has 2 rings (SSSR count). The summed E-state index contributed by atoms with van der Waals surface area (Å²) in [5.74, 6) is -0.113. The van der Waals surface area contributed by atoms with E-state index in [0.717, 1.165) is 30.4 Å². The van der Waals surface area contributed by atoms with Crippen molar-refractivity contribution >= 4 is 33.4 Å². The topological polar surface area (TPSA) is 50.4 Å². The fraction of sp³-hybridized carbons (Fsp3) is 0.533. The van der Waals surface area contributed by atoms with E-state index in [2.05, 4.69) is 26.6 Å². The minimum absolute atomic E-state index is 0.0146. The summed E-state index contributed by atoms with van der Waals surface area (Å²) in [6.07, 6.45) is 2.00. The molecular weight excluding hydrogens is 356 g/mol. The minimum atomic E-state index is -0.113. The third-order valence-corrected chi connectivity index (χ3v) is 4.84. The largest absolute Gasteiger partial charge is 0.384 e. The maximum atomic E-state index is 12.4. The summed E-state index contributed by atoms with van der Waals surface area (Å²) in [5.41, 5.74) is 0.574. The summed E-state index contributed by atoms with van der Waals surface area (Å²) in [6, 6.07) is 5.21. The van der Waals surface area contributed by atoms with Gasteiger partial charge in [0.1, 0.15) is 0 Å². The zero-order valence-corrected chi connectivity index (χ0v) is 14.4. The average molecular weight is 376 g/mol. The van der Waals surface area contributed by atoms with Gasteiger partial charge in [0.2, 0.25) is 0 Å². The summed E-state index contributed by atoms with van der Waals surface area (Å²) in [4.78, 5) is 12.4. The zero-order valence-electron chi connectivity index (χ0n) is 12.0. The molecule has 21 heavy (non-hydrogen) atoms. The number of piperidine rings is 1. The fourth-order valence-electron chi connectivity index (χ4n) is 2.67. The van der Waals surface area contributed by atoms with E-state index >= 15 is 0 Å². The van der Waals surface area contributed by atoms with Crippen LogP contribution >= 0.6 is 27.5 Å². The van der Waals surface area contributed by atoms with E-state index in [4.69, 9.17) is 16.3 Å². The van der Waals surface area contributed by atoms with Gasteiger partial charge >= 0.3 is 0 Å². The summed E-state index contributed by atoms with van der Waals surface area (Å²) < 4.78 is 6.10. The van der Waals surface area contributed by atoms with Gasteiger partial charge in [-0.05, 0) is 60.1 Å². The molecule has 1 amide bonds. The highest BCUT2D eigenvalue weighted by atomic mass is 79.9. The molecule has 1 saturated heterocycles. The van der Waals surface area contributed by atoms with Crippen molar-refractivity contribution in [2.45, 2.75) is 12.8 Å². The van der Waals surface area contributed by atoms with Gasteiger partial charge in [0.05, 0.1) is 12.2 Å². The van der Waals surface area contributed by atoms with E-state index in [-0.39, 0.29) is 11.3 Å². The van der Waals surface area contributed by atoms with Gasteiger partial charge in [0.15, 0.2) is 0 Å². The standard InChI is InChI=1S/C15H20BrClN2O2/c1-21-10-15(4-6-18-7-5-15)9-19-14(20)12-8-11(17)2-3-13(12)16/h2-3,8,18H,4-7,9-10H2,1H3,(H,19,20). The van der Waals surface area contributed by atoms with Crippen LogP contribution in [0.5, 0.6) is 0 Å². The van der Waals surface area contributed by atoms with Crippen LogP contribution in [0.15, 0.2) is 22.7 Å². The minimum Gasteiger partial charge on any atom is -0.384 e. The first kappa shape index (κ1) is 16.7. The van der Waals surface area contributed by atoms with Crippen molar-refractivity contribution in [3.63, 3.8) is 0 Å². The van der Waals surface area contributed by atoms with Crippen molar-refractivity contribution in [3.05, 3.63) is 33.3 Å². The molecule has 1 aromatic carbocycles. The first-order valence-electron chi connectivity index (χ1n) is 6.99. The maximum Gasteiger partial charge on any atom is 0.252 e. The Bertz CT molecular complexity index is 499. The highest BCUT2D eigenvalue weighted by Crippen LogP contribution is 2.28. The van der Waals surface area contributed by atoms with Crippen molar-refractivity contribution in [1.82, 2.24) is 10.6 Å². The van der Waals surface area contributed by atoms with Gasteiger partial charge < -0.3 is 15.4 Å². The molecule has 4 nitrogen and oxygen atoms in total. The second-order valence-electron chi connectivity index (χ2n) is 5.49. The second kappa shape index (κ2) is 7.58. The van der Waals surface area contributed by atoms with Gasteiger partial charge in [-0.15, -0.1) is 0 Å². The van der Waals surface area contributed by atoms with Gasteiger partial charge in [-0.3, -0.25) is 4.79 Å². The van der Waals surface area contributed by atoms with Gasteiger partial charge in [-0.2, -0.15) is 0 Å². The summed E-state index contributed by atoms with van der Waals surface area (Å²) in [7, 11) is 1.71. The van der Waals surface area contributed by atoms with Crippen LogP contribution in [0.1, 0.15) is 23.2 Å². The van der Waals surface area contributed by atoms with Crippen molar-refractivity contribution in [3.8, 4) is 0 Å². The van der Waals surface area contributed by atoms with Crippen molar-refractivity contribution in [1.29, 1.82) is 0 Å². The molecule has 116 valence electrons. The predicted octanol–water partition coefficient (Wildman–Crippen LogP) is 2.85. The van der Waals surface area contributed by atoms with Gasteiger partial charge in [0.25, 0.3) is 5.91 Å². The third-order valence-electron chi connectivity index (χ3n) is 3.91. The summed E-state index contributed by atoms with van der Waals surface area (Å²) in [6.45, 7) is 3.19. The van der Waals surface area contributed by atoms with Crippen LogP contribution in [0.4, 0.5) is 0 Å². The lowest BCUT2D eigenvalue weighted by atomic mass is 9.79. The molecule has 1 fully saturated rings. The molecule has 6 heteroatoms. The highest BCUT2D eigenvalue weighted by Gasteiger charge is 2.32. The Morgan fingerprint density at radius 2 is 2.19 bits per heavy atom. The van der Waals surface area contributed by atoms with Crippen molar-refractivity contribution < 1.29 is 9.53 Å². The molecule has 0 atom stereocenters. The predicted molar refractivity (Wildman–Crippen MR) is 87.9 cm³/mol. The van der Waals surface area contributed by atoms with E-state index in [1.54, 1.807) is 25.3 Å². The van der Waals surface area contributed by atoms with Crippen LogP contribution in [0, 0.1) is 5.41 Å². The van der Waals surface area contributed by atoms with E-state index in [1.165, 1.54) is 0 Å². The summed E-state index contributed by atoms with van der Waals surface area (Å²) in [5, 5.41) is 6.92. The number of hydrogen-bond donors (Lipinski definition) is 2. The highest BCUT2D eigenvalue weighted by molar-refractivity contribution is 9.10. The normalized spacial score (nSPS) is 17.5. The SMILES string of the molecule is COCC1(CNC(=O)c2cc(Cl)ccc2Br)CCNCC1. The number of rotatable bonds is 5. The van der Waals surface area contributed by atoms with Crippen LogP contribution in [0.3, 0.4) is 0 Å². The molecule has 0 spiro atoms. The van der Waals surface area contributed by atoms with Crippen LogP contribution in [-0.4, -0.2) is 39.3 Å². The lowest BCUT2D eigenvalue weighted by molar-refractivity contribution is 0.0511. The van der Waals surface area contributed by atoms with Gasteiger partial charge in [0, 0.05) is 28.6 Å². The molecule has 0 bridgehead atoms. The molecular formula is C15H20BrClN2O2. The first-order chi connectivity index (χ1) is 10.1. The van der Waals surface area contributed by atoms with Crippen LogP contribution in [0.2, 0.25) is 5.02 Å². The number of hydrogen-bond acceptors (Lipinski definition) is 3. The number of amides is 1.